The molecule has 0 aromatic carbocycles. The van der Waals surface area contributed by atoms with Crippen LogP contribution < -0.4 is 16.2 Å². The molecule has 19 heavy (non-hydrogen) atoms. The molecule has 3 N–H and O–H groups in total. The molecule has 3 heterocycles. The second kappa shape index (κ2) is 5.71. The van der Waals surface area contributed by atoms with Gasteiger partial charge in [-0.25, -0.2) is 4.98 Å². The van der Waals surface area contributed by atoms with Gasteiger partial charge in [0.25, 0.3) is 5.56 Å². The van der Waals surface area contributed by atoms with Crippen LogP contribution in [-0.2, 0) is 17.6 Å². The summed E-state index contributed by atoms with van der Waals surface area (Å²) >= 11 is 0. The molecule has 0 aliphatic carbocycles. The van der Waals surface area contributed by atoms with E-state index in [2.05, 4.69) is 20.6 Å². The highest BCUT2D eigenvalue weighted by atomic mass is 16.5. The Morgan fingerprint density at radius 3 is 3.11 bits per heavy atom. The number of rotatable bonds is 3. The first-order chi connectivity index (χ1) is 9.33. The Balaban J connectivity index is 1.73. The summed E-state index contributed by atoms with van der Waals surface area (Å²) in [5, 5.41) is 6.47. The van der Waals surface area contributed by atoms with Crippen LogP contribution in [0.5, 0.6) is 0 Å². The Morgan fingerprint density at radius 1 is 1.37 bits per heavy atom. The molecular formula is C13H20N4O2. The number of hydrogen-bond acceptors (Lipinski definition) is 5. The van der Waals surface area contributed by atoms with Crippen LogP contribution >= 0.6 is 0 Å². The number of nitrogens with one attached hydrogen (secondary N) is 3. The minimum Gasteiger partial charge on any atom is -0.376 e. The minimum absolute atomic E-state index is 0.0106. The van der Waals surface area contributed by atoms with Gasteiger partial charge in [0.1, 0.15) is 0 Å². The van der Waals surface area contributed by atoms with Gasteiger partial charge in [0.2, 0.25) is 5.95 Å². The third-order valence-electron chi connectivity index (χ3n) is 3.71. The molecule has 0 spiro atoms. The van der Waals surface area contributed by atoms with Crippen molar-refractivity contribution >= 4 is 5.95 Å². The van der Waals surface area contributed by atoms with Crippen LogP contribution in [0, 0.1) is 0 Å². The highest BCUT2D eigenvalue weighted by Gasteiger charge is 2.17. The van der Waals surface area contributed by atoms with Gasteiger partial charge in [-0.3, -0.25) is 9.78 Å². The number of nitrogens with zero attached hydrogens (tertiary/aromatic N) is 1. The van der Waals surface area contributed by atoms with E-state index in [0.717, 1.165) is 56.6 Å². The molecule has 2 aliphatic heterocycles. The molecule has 1 aromatic rings. The quantitative estimate of drug-likeness (QED) is 0.719. The van der Waals surface area contributed by atoms with Gasteiger partial charge in [0, 0.05) is 31.7 Å². The summed E-state index contributed by atoms with van der Waals surface area (Å²) in [6.45, 7) is 3.28. The standard InChI is InChI=1S/C13H20N4O2/c18-12-10-3-5-14-6-4-11(10)16-13(17-12)15-8-9-2-1-7-19-9/h9,14H,1-8H2,(H2,15,16,17,18). The number of hydrogen-bond donors (Lipinski definition) is 3. The Labute approximate surface area is 112 Å². The summed E-state index contributed by atoms with van der Waals surface area (Å²) in [6, 6.07) is 0. The number of anilines is 1. The fourth-order valence-corrected chi connectivity index (χ4v) is 2.65. The van der Waals surface area contributed by atoms with Crippen molar-refractivity contribution in [3.8, 4) is 0 Å². The Kier molecular flexibility index (Phi) is 3.79. The number of aromatic nitrogens is 2. The van der Waals surface area contributed by atoms with Crippen molar-refractivity contribution in [2.45, 2.75) is 31.8 Å². The molecule has 1 fully saturated rings. The van der Waals surface area contributed by atoms with E-state index in [1.54, 1.807) is 0 Å². The van der Waals surface area contributed by atoms with E-state index in [4.69, 9.17) is 4.74 Å². The van der Waals surface area contributed by atoms with Gasteiger partial charge < -0.3 is 15.4 Å². The lowest BCUT2D eigenvalue weighted by Gasteiger charge is -2.12. The number of fused-ring (bicyclic) bond motifs is 1. The van der Waals surface area contributed by atoms with E-state index in [0.29, 0.717) is 12.5 Å². The zero-order chi connectivity index (χ0) is 13.1. The number of ether oxygens (including phenoxy) is 1. The van der Waals surface area contributed by atoms with Crippen molar-refractivity contribution < 1.29 is 4.74 Å². The Hall–Kier alpha value is -1.40. The molecule has 1 unspecified atom stereocenters. The third-order valence-corrected chi connectivity index (χ3v) is 3.71. The van der Waals surface area contributed by atoms with Crippen molar-refractivity contribution in [2.75, 3.05) is 31.6 Å². The molecule has 0 radical (unpaired) electrons. The van der Waals surface area contributed by atoms with E-state index in [1.807, 2.05) is 0 Å². The van der Waals surface area contributed by atoms with Crippen molar-refractivity contribution in [2.24, 2.45) is 0 Å². The smallest absolute Gasteiger partial charge is 0.255 e. The average Bonchev–Trinajstić information content (AvgIpc) is 2.81. The number of H-pyrrole nitrogens is 1. The largest absolute Gasteiger partial charge is 0.376 e. The maximum Gasteiger partial charge on any atom is 0.255 e. The summed E-state index contributed by atoms with van der Waals surface area (Å²) in [5.41, 5.74) is 1.74. The van der Waals surface area contributed by atoms with Crippen molar-refractivity contribution in [3.63, 3.8) is 0 Å². The molecule has 6 nitrogen and oxygen atoms in total. The average molecular weight is 264 g/mol. The van der Waals surface area contributed by atoms with Crippen LogP contribution in [-0.4, -0.2) is 42.3 Å². The predicted octanol–water partition coefficient (Wildman–Crippen LogP) is 0.0490. The maximum atomic E-state index is 12.0. The highest BCUT2D eigenvalue weighted by molar-refractivity contribution is 5.31. The van der Waals surface area contributed by atoms with E-state index >= 15 is 0 Å². The SMILES string of the molecule is O=c1[nH]c(NCC2CCCO2)nc2c1CCNCC2. The normalized spacial score (nSPS) is 22.8. The van der Waals surface area contributed by atoms with Gasteiger partial charge in [-0.1, -0.05) is 0 Å². The fourth-order valence-electron chi connectivity index (χ4n) is 2.65. The van der Waals surface area contributed by atoms with Crippen LogP contribution in [0.15, 0.2) is 4.79 Å². The van der Waals surface area contributed by atoms with Gasteiger partial charge in [-0.15, -0.1) is 0 Å². The van der Waals surface area contributed by atoms with Crippen LogP contribution in [0.2, 0.25) is 0 Å². The van der Waals surface area contributed by atoms with Gasteiger partial charge in [0.05, 0.1) is 11.8 Å². The van der Waals surface area contributed by atoms with Crippen molar-refractivity contribution in [3.05, 3.63) is 21.6 Å². The van der Waals surface area contributed by atoms with E-state index < -0.39 is 0 Å². The highest BCUT2D eigenvalue weighted by Crippen LogP contribution is 2.13. The summed E-state index contributed by atoms with van der Waals surface area (Å²) in [4.78, 5) is 19.4. The van der Waals surface area contributed by atoms with Crippen LogP contribution in [0.3, 0.4) is 0 Å². The van der Waals surface area contributed by atoms with Gasteiger partial charge in [0.15, 0.2) is 0 Å². The molecule has 3 rings (SSSR count). The molecule has 104 valence electrons. The third kappa shape index (κ3) is 2.96. The van der Waals surface area contributed by atoms with E-state index in [1.165, 1.54) is 0 Å². The molecule has 1 saturated heterocycles. The minimum atomic E-state index is -0.0106. The van der Waals surface area contributed by atoms with E-state index in [9.17, 15) is 4.79 Å². The molecule has 0 saturated carbocycles. The summed E-state index contributed by atoms with van der Waals surface area (Å²) in [7, 11) is 0. The van der Waals surface area contributed by atoms with Crippen molar-refractivity contribution in [1.82, 2.24) is 15.3 Å². The van der Waals surface area contributed by atoms with Crippen LogP contribution in [0.25, 0.3) is 0 Å². The molecular weight excluding hydrogens is 244 g/mol. The molecule has 6 heteroatoms. The maximum absolute atomic E-state index is 12.0. The monoisotopic (exact) mass is 264 g/mol. The van der Waals surface area contributed by atoms with E-state index in [-0.39, 0.29) is 11.7 Å². The first-order valence-electron chi connectivity index (χ1n) is 7.01. The van der Waals surface area contributed by atoms with Gasteiger partial charge in [-0.2, -0.15) is 0 Å². The lowest BCUT2D eigenvalue weighted by atomic mass is 10.1. The molecule has 2 aliphatic rings. The lowest BCUT2D eigenvalue weighted by molar-refractivity contribution is 0.120. The molecule has 0 bridgehead atoms. The lowest BCUT2D eigenvalue weighted by Crippen LogP contribution is -2.24. The fraction of sp³-hybridized carbons (Fsp3) is 0.692. The zero-order valence-corrected chi connectivity index (χ0v) is 11.0. The first kappa shape index (κ1) is 12.6. The molecule has 1 atom stereocenters. The summed E-state index contributed by atoms with van der Waals surface area (Å²) in [6.07, 6.45) is 4.00. The molecule has 0 amide bonds. The second-order valence-electron chi connectivity index (χ2n) is 5.11. The second-order valence-corrected chi connectivity index (χ2v) is 5.11. The Morgan fingerprint density at radius 2 is 2.26 bits per heavy atom. The molecule has 1 aromatic heterocycles. The number of aromatic amines is 1. The first-order valence-corrected chi connectivity index (χ1v) is 7.01. The summed E-state index contributed by atoms with van der Waals surface area (Å²) < 4.78 is 5.55. The Bertz CT molecular complexity index is 494. The zero-order valence-electron chi connectivity index (χ0n) is 11.0. The van der Waals surface area contributed by atoms with Crippen molar-refractivity contribution in [1.29, 1.82) is 0 Å². The van der Waals surface area contributed by atoms with Gasteiger partial charge in [-0.05, 0) is 25.8 Å². The van der Waals surface area contributed by atoms with Gasteiger partial charge >= 0.3 is 0 Å². The summed E-state index contributed by atoms with van der Waals surface area (Å²) in [5.74, 6) is 0.571. The topological polar surface area (TPSA) is 79.0 Å². The van der Waals surface area contributed by atoms with Crippen LogP contribution in [0.4, 0.5) is 5.95 Å². The van der Waals surface area contributed by atoms with Crippen LogP contribution in [0.1, 0.15) is 24.1 Å². The predicted molar refractivity (Wildman–Crippen MR) is 72.6 cm³/mol.